The first-order valence-electron chi connectivity index (χ1n) is 9.45. The number of carbonyl (C=O) groups excluding carboxylic acids is 2. The van der Waals surface area contributed by atoms with Crippen LogP contribution >= 0.6 is 23.2 Å². The fourth-order valence-corrected chi connectivity index (χ4v) is 3.62. The Morgan fingerprint density at radius 2 is 1.71 bits per heavy atom. The number of nitrogens with zero attached hydrogens (tertiary/aromatic N) is 2. The third-order valence-corrected chi connectivity index (χ3v) is 5.01. The van der Waals surface area contributed by atoms with Gasteiger partial charge in [-0.2, -0.15) is 0 Å². The highest BCUT2D eigenvalue weighted by Crippen LogP contribution is 2.34. The van der Waals surface area contributed by atoms with Crippen LogP contribution < -0.4 is 9.64 Å². The number of esters is 1. The zero-order chi connectivity index (χ0) is 22.4. The highest BCUT2D eigenvalue weighted by Gasteiger charge is 2.22. The molecule has 1 heterocycles. The molecule has 0 spiro atoms. The zero-order valence-corrected chi connectivity index (χ0v) is 18.5. The lowest BCUT2D eigenvalue weighted by molar-refractivity contribution is 0.0526. The maximum absolute atomic E-state index is 13.4. The number of carbonyl (C=O) groups is 2. The van der Waals surface area contributed by atoms with Crippen LogP contribution in [0.15, 0.2) is 60.9 Å². The molecule has 160 valence electrons. The molecule has 0 saturated carbocycles. The molecule has 1 aromatic heterocycles. The van der Waals surface area contributed by atoms with Gasteiger partial charge in [-0.15, -0.1) is 0 Å². The van der Waals surface area contributed by atoms with Crippen molar-refractivity contribution in [1.29, 1.82) is 0 Å². The first-order valence-corrected chi connectivity index (χ1v) is 10.2. The minimum atomic E-state index is -0.423. The van der Waals surface area contributed by atoms with E-state index >= 15 is 0 Å². The predicted molar refractivity (Wildman–Crippen MR) is 120 cm³/mol. The van der Waals surface area contributed by atoms with Crippen molar-refractivity contribution in [2.75, 3.05) is 18.6 Å². The molecule has 8 heteroatoms. The summed E-state index contributed by atoms with van der Waals surface area (Å²) in [5.74, 6) is -0.440. The molecule has 31 heavy (non-hydrogen) atoms. The second-order valence-electron chi connectivity index (χ2n) is 6.49. The van der Waals surface area contributed by atoms with Crippen LogP contribution in [0.1, 0.15) is 33.2 Å². The molecule has 0 radical (unpaired) electrons. The summed E-state index contributed by atoms with van der Waals surface area (Å²) >= 11 is 12.5. The maximum atomic E-state index is 13.4. The quantitative estimate of drug-likeness (QED) is 0.442. The van der Waals surface area contributed by atoms with Gasteiger partial charge in [-0.3, -0.25) is 9.78 Å². The van der Waals surface area contributed by atoms with Gasteiger partial charge in [0.15, 0.2) is 5.75 Å². The van der Waals surface area contributed by atoms with E-state index in [1.54, 1.807) is 54.5 Å². The molecule has 1 amide bonds. The van der Waals surface area contributed by atoms with E-state index in [2.05, 4.69) is 4.98 Å². The van der Waals surface area contributed by atoms with Crippen molar-refractivity contribution >= 4 is 40.8 Å². The normalized spacial score (nSPS) is 10.5. The van der Waals surface area contributed by atoms with Gasteiger partial charge in [-0.05, 0) is 55.0 Å². The Bertz CT molecular complexity index is 1050. The van der Waals surface area contributed by atoms with Crippen molar-refractivity contribution in [2.45, 2.75) is 13.5 Å². The third-order valence-electron chi connectivity index (χ3n) is 4.45. The lowest BCUT2D eigenvalue weighted by atomic mass is 10.1. The van der Waals surface area contributed by atoms with E-state index in [9.17, 15) is 9.59 Å². The number of amides is 1. The van der Waals surface area contributed by atoms with Crippen molar-refractivity contribution in [3.05, 3.63) is 87.7 Å². The van der Waals surface area contributed by atoms with Crippen LogP contribution in [0.3, 0.4) is 0 Å². The number of hydrogen-bond acceptors (Lipinski definition) is 5. The molecule has 3 rings (SSSR count). The summed E-state index contributed by atoms with van der Waals surface area (Å²) in [6, 6.07) is 13.3. The second kappa shape index (κ2) is 10.3. The van der Waals surface area contributed by atoms with Gasteiger partial charge in [-0.1, -0.05) is 29.3 Å². The van der Waals surface area contributed by atoms with Gasteiger partial charge in [0.2, 0.25) is 0 Å². The molecule has 2 aromatic carbocycles. The molecule has 0 fully saturated rings. The number of methoxy groups -OCH3 is 1. The van der Waals surface area contributed by atoms with Crippen molar-refractivity contribution in [3.63, 3.8) is 0 Å². The van der Waals surface area contributed by atoms with Crippen molar-refractivity contribution < 1.29 is 19.1 Å². The Balaban J connectivity index is 1.99. The summed E-state index contributed by atoms with van der Waals surface area (Å²) in [6.45, 7) is 2.28. The third kappa shape index (κ3) is 5.34. The van der Waals surface area contributed by atoms with E-state index in [4.69, 9.17) is 32.7 Å². The molecule has 0 bridgehead atoms. The number of benzene rings is 2. The average Bonchev–Trinajstić information content (AvgIpc) is 2.78. The van der Waals surface area contributed by atoms with Gasteiger partial charge in [0, 0.05) is 23.6 Å². The SMILES string of the molecule is CCOC(=O)c1ccc(N(Cc2cccnc2)C(=O)c2cc(Cl)c(OC)c(Cl)c2)cc1. The summed E-state index contributed by atoms with van der Waals surface area (Å²) in [6.07, 6.45) is 3.34. The zero-order valence-electron chi connectivity index (χ0n) is 17.0. The van der Waals surface area contributed by atoms with Crippen molar-refractivity contribution in [2.24, 2.45) is 0 Å². The summed E-state index contributed by atoms with van der Waals surface area (Å²) < 4.78 is 10.2. The lowest BCUT2D eigenvalue weighted by Gasteiger charge is -2.24. The van der Waals surface area contributed by atoms with Crippen LogP contribution in [0.4, 0.5) is 5.69 Å². The standard InChI is InChI=1S/C23H20Cl2N2O4/c1-3-31-23(29)16-6-8-18(9-7-16)27(14-15-5-4-10-26-13-15)22(28)17-11-19(24)21(30-2)20(25)12-17/h4-13H,3,14H2,1-2H3. The van der Waals surface area contributed by atoms with E-state index < -0.39 is 5.97 Å². The molecule has 3 aromatic rings. The average molecular weight is 459 g/mol. The Kier molecular flexibility index (Phi) is 7.50. The summed E-state index contributed by atoms with van der Waals surface area (Å²) in [5, 5.41) is 0.467. The largest absolute Gasteiger partial charge is 0.494 e. The summed E-state index contributed by atoms with van der Waals surface area (Å²) in [4.78, 5) is 31.1. The first kappa shape index (κ1) is 22.6. The molecule has 6 nitrogen and oxygen atoms in total. The molecule has 0 aliphatic heterocycles. The Morgan fingerprint density at radius 1 is 1.03 bits per heavy atom. The van der Waals surface area contributed by atoms with Crippen LogP contribution in [0.5, 0.6) is 5.75 Å². The number of hydrogen-bond donors (Lipinski definition) is 0. The van der Waals surface area contributed by atoms with E-state index in [0.717, 1.165) is 5.56 Å². The molecule has 0 unspecified atom stereocenters. The number of pyridine rings is 1. The van der Waals surface area contributed by atoms with Gasteiger partial charge in [0.25, 0.3) is 5.91 Å². The fraction of sp³-hybridized carbons (Fsp3) is 0.174. The molecular weight excluding hydrogens is 439 g/mol. The molecular formula is C23H20Cl2N2O4. The monoisotopic (exact) mass is 458 g/mol. The van der Waals surface area contributed by atoms with E-state index in [1.165, 1.54) is 19.2 Å². The van der Waals surface area contributed by atoms with Crippen LogP contribution in [-0.4, -0.2) is 30.6 Å². The van der Waals surface area contributed by atoms with E-state index in [-0.39, 0.29) is 29.1 Å². The minimum absolute atomic E-state index is 0.234. The highest BCUT2D eigenvalue weighted by atomic mass is 35.5. The molecule has 0 aliphatic carbocycles. The molecule has 0 atom stereocenters. The smallest absolute Gasteiger partial charge is 0.338 e. The van der Waals surface area contributed by atoms with Gasteiger partial charge in [0.1, 0.15) is 0 Å². The summed E-state index contributed by atoms with van der Waals surface area (Å²) in [7, 11) is 1.45. The lowest BCUT2D eigenvalue weighted by Crippen LogP contribution is -2.30. The predicted octanol–water partition coefficient (Wildman–Crippen LogP) is 5.42. The Morgan fingerprint density at radius 3 is 2.26 bits per heavy atom. The first-order chi connectivity index (χ1) is 14.9. The van der Waals surface area contributed by atoms with Crippen molar-refractivity contribution in [1.82, 2.24) is 4.98 Å². The minimum Gasteiger partial charge on any atom is -0.494 e. The van der Waals surface area contributed by atoms with Crippen LogP contribution in [0.2, 0.25) is 10.0 Å². The van der Waals surface area contributed by atoms with E-state index in [0.29, 0.717) is 22.6 Å². The van der Waals surface area contributed by atoms with Gasteiger partial charge < -0.3 is 14.4 Å². The number of halogens is 2. The molecule has 0 aliphatic rings. The number of rotatable bonds is 7. The Hall–Kier alpha value is -3.09. The summed E-state index contributed by atoms with van der Waals surface area (Å²) in [5.41, 5.74) is 2.12. The van der Waals surface area contributed by atoms with Crippen LogP contribution in [0.25, 0.3) is 0 Å². The number of ether oxygens (including phenoxy) is 2. The number of anilines is 1. The molecule has 0 N–H and O–H groups in total. The second-order valence-corrected chi connectivity index (χ2v) is 7.31. The van der Waals surface area contributed by atoms with Gasteiger partial charge in [-0.25, -0.2) is 4.79 Å². The maximum Gasteiger partial charge on any atom is 0.338 e. The number of aromatic nitrogens is 1. The van der Waals surface area contributed by atoms with E-state index in [1.807, 2.05) is 6.07 Å². The van der Waals surface area contributed by atoms with Gasteiger partial charge in [0.05, 0.1) is 35.9 Å². The van der Waals surface area contributed by atoms with Crippen molar-refractivity contribution in [3.8, 4) is 5.75 Å². The molecule has 0 saturated heterocycles. The van der Waals surface area contributed by atoms with Crippen LogP contribution in [-0.2, 0) is 11.3 Å². The Labute approximate surface area is 190 Å². The topological polar surface area (TPSA) is 68.7 Å². The highest BCUT2D eigenvalue weighted by molar-refractivity contribution is 6.37. The van der Waals surface area contributed by atoms with Crippen LogP contribution in [0, 0.1) is 0 Å². The van der Waals surface area contributed by atoms with Gasteiger partial charge >= 0.3 is 5.97 Å². The fourth-order valence-electron chi connectivity index (χ4n) is 2.98.